The van der Waals surface area contributed by atoms with E-state index in [0.29, 0.717) is 26.2 Å². The Morgan fingerprint density at radius 1 is 1.26 bits per heavy atom. The second-order valence-corrected chi connectivity index (χ2v) is 8.78. The van der Waals surface area contributed by atoms with Gasteiger partial charge in [-0.1, -0.05) is 11.6 Å². The van der Waals surface area contributed by atoms with Crippen LogP contribution in [-0.4, -0.2) is 43.9 Å². The van der Waals surface area contributed by atoms with Gasteiger partial charge in [-0.05, 0) is 25.1 Å². The second kappa shape index (κ2) is 6.35. The third-order valence-corrected chi connectivity index (χ3v) is 6.80. The molecule has 2 aromatic rings. The van der Waals surface area contributed by atoms with Crippen LogP contribution >= 0.6 is 22.9 Å². The predicted octanol–water partition coefficient (Wildman–Crippen LogP) is 2.75. The number of hydrogen-bond donors (Lipinski definition) is 0. The molecule has 23 heavy (non-hydrogen) atoms. The molecule has 1 aromatic carbocycles. The van der Waals surface area contributed by atoms with Gasteiger partial charge in [-0.25, -0.2) is 17.8 Å². The van der Waals surface area contributed by atoms with Gasteiger partial charge in [-0.15, -0.1) is 11.3 Å². The third-order valence-electron chi connectivity index (χ3n) is 3.65. The summed E-state index contributed by atoms with van der Waals surface area (Å²) in [4.78, 5) is 7.53. The normalized spacial score (nSPS) is 16.7. The molecule has 1 fully saturated rings. The fourth-order valence-electron chi connectivity index (χ4n) is 2.40. The van der Waals surface area contributed by atoms with Crippen LogP contribution in [-0.2, 0) is 10.0 Å². The maximum Gasteiger partial charge on any atom is 0.243 e. The third kappa shape index (κ3) is 3.35. The Hall–Kier alpha value is -1.22. The average Bonchev–Trinajstić information content (AvgIpc) is 2.96. The van der Waals surface area contributed by atoms with Crippen LogP contribution in [0, 0.1) is 12.7 Å². The van der Waals surface area contributed by atoms with Gasteiger partial charge in [0.25, 0.3) is 0 Å². The number of rotatable bonds is 3. The molecule has 0 atom stereocenters. The Morgan fingerprint density at radius 3 is 2.52 bits per heavy atom. The maximum atomic E-state index is 13.2. The molecule has 1 aliphatic rings. The number of halogens is 2. The Morgan fingerprint density at radius 2 is 1.96 bits per heavy atom. The van der Waals surface area contributed by atoms with Crippen molar-refractivity contribution in [3.63, 3.8) is 0 Å². The van der Waals surface area contributed by atoms with Crippen molar-refractivity contribution in [3.8, 4) is 0 Å². The van der Waals surface area contributed by atoms with Crippen molar-refractivity contribution >= 4 is 38.1 Å². The number of sulfonamides is 1. The Kier molecular flexibility index (Phi) is 4.59. The van der Waals surface area contributed by atoms with E-state index in [2.05, 4.69) is 9.88 Å². The second-order valence-electron chi connectivity index (χ2n) is 5.22. The van der Waals surface area contributed by atoms with Crippen LogP contribution in [0.1, 0.15) is 4.88 Å². The number of thiazole rings is 1. The number of nitrogens with zero attached hydrogens (tertiary/aromatic N) is 3. The summed E-state index contributed by atoms with van der Waals surface area (Å²) in [6.07, 6.45) is 1.81. The van der Waals surface area contributed by atoms with Gasteiger partial charge in [0.1, 0.15) is 5.82 Å². The number of hydrogen-bond acceptors (Lipinski definition) is 5. The highest BCUT2D eigenvalue weighted by Gasteiger charge is 2.29. The fourth-order valence-corrected chi connectivity index (χ4v) is 4.90. The van der Waals surface area contributed by atoms with E-state index in [1.807, 2.05) is 13.1 Å². The minimum atomic E-state index is -3.66. The van der Waals surface area contributed by atoms with Gasteiger partial charge in [0.15, 0.2) is 5.13 Å². The van der Waals surface area contributed by atoms with Crippen molar-refractivity contribution < 1.29 is 12.8 Å². The lowest BCUT2D eigenvalue weighted by Crippen LogP contribution is -2.48. The minimum absolute atomic E-state index is 0.0162. The minimum Gasteiger partial charge on any atom is -0.345 e. The van der Waals surface area contributed by atoms with E-state index in [1.54, 1.807) is 11.3 Å². The first kappa shape index (κ1) is 16.6. The lowest BCUT2D eigenvalue weighted by Gasteiger charge is -2.33. The molecule has 124 valence electrons. The van der Waals surface area contributed by atoms with E-state index in [1.165, 1.54) is 10.4 Å². The van der Waals surface area contributed by atoms with Gasteiger partial charge in [0.05, 0.1) is 9.92 Å². The van der Waals surface area contributed by atoms with Crippen molar-refractivity contribution in [2.75, 3.05) is 31.1 Å². The number of anilines is 1. The van der Waals surface area contributed by atoms with E-state index >= 15 is 0 Å². The fraction of sp³-hybridized carbons (Fsp3) is 0.357. The summed E-state index contributed by atoms with van der Waals surface area (Å²) in [6, 6.07) is 3.47. The van der Waals surface area contributed by atoms with Crippen LogP contribution in [0.5, 0.6) is 0 Å². The predicted molar refractivity (Wildman–Crippen MR) is 89.2 cm³/mol. The monoisotopic (exact) mass is 375 g/mol. The molecule has 1 saturated heterocycles. The molecule has 9 heteroatoms. The zero-order chi connectivity index (χ0) is 16.6. The number of aromatic nitrogens is 1. The van der Waals surface area contributed by atoms with Crippen LogP contribution in [0.15, 0.2) is 29.3 Å². The van der Waals surface area contributed by atoms with Gasteiger partial charge in [-0.2, -0.15) is 4.31 Å². The topological polar surface area (TPSA) is 53.5 Å². The molecule has 0 N–H and O–H groups in total. The Balaban J connectivity index is 1.74. The molecule has 0 saturated carbocycles. The van der Waals surface area contributed by atoms with Crippen molar-refractivity contribution in [2.45, 2.75) is 11.8 Å². The lowest BCUT2D eigenvalue weighted by atomic mass is 10.3. The molecule has 3 rings (SSSR count). The lowest BCUT2D eigenvalue weighted by molar-refractivity contribution is 0.384. The molecule has 5 nitrogen and oxygen atoms in total. The summed E-state index contributed by atoms with van der Waals surface area (Å²) in [5, 5.41) is 0.715. The molecule has 0 aliphatic carbocycles. The highest BCUT2D eigenvalue weighted by atomic mass is 35.5. The first-order valence-electron chi connectivity index (χ1n) is 7.00. The molecule has 0 bridgehead atoms. The summed E-state index contributed by atoms with van der Waals surface area (Å²) < 4.78 is 39.8. The van der Waals surface area contributed by atoms with Gasteiger partial charge in [0.2, 0.25) is 10.0 Å². The SMILES string of the molecule is Cc1cnc(N2CCN(S(=O)(=O)c3ccc(F)c(Cl)c3)CC2)s1. The first-order chi connectivity index (χ1) is 10.9. The highest BCUT2D eigenvalue weighted by Crippen LogP contribution is 2.26. The van der Waals surface area contributed by atoms with E-state index in [9.17, 15) is 12.8 Å². The zero-order valence-electron chi connectivity index (χ0n) is 12.4. The van der Waals surface area contributed by atoms with Crippen molar-refractivity contribution in [1.29, 1.82) is 0 Å². The molecule has 1 aromatic heterocycles. The van der Waals surface area contributed by atoms with Crippen LogP contribution in [0.4, 0.5) is 9.52 Å². The number of piperazine rings is 1. The maximum absolute atomic E-state index is 13.2. The molecule has 2 heterocycles. The van der Waals surface area contributed by atoms with Crippen LogP contribution in [0.3, 0.4) is 0 Å². The Labute approximate surface area is 143 Å². The molecule has 0 spiro atoms. The van der Waals surface area contributed by atoms with E-state index in [4.69, 9.17) is 11.6 Å². The molecular formula is C14H15ClFN3O2S2. The summed E-state index contributed by atoms with van der Waals surface area (Å²) in [7, 11) is -3.66. The largest absolute Gasteiger partial charge is 0.345 e. The van der Waals surface area contributed by atoms with Crippen LogP contribution in [0.2, 0.25) is 5.02 Å². The molecule has 0 amide bonds. The highest BCUT2D eigenvalue weighted by molar-refractivity contribution is 7.89. The van der Waals surface area contributed by atoms with Gasteiger partial charge < -0.3 is 4.90 Å². The standard InChI is InChI=1S/C14H15ClFN3O2S2/c1-10-9-17-14(22-10)18-4-6-19(7-5-18)23(20,21)11-2-3-13(16)12(15)8-11/h2-3,8-9H,4-7H2,1H3. The van der Waals surface area contributed by atoms with Gasteiger partial charge >= 0.3 is 0 Å². The summed E-state index contributed by atoms with van der Waals surface area (Å²) in [5.41, 5.74) is 0. The Bertz CT molecular complexity index is 817. The molecule has 0 radical (unpaired) electrons. The number of benzene rings is 1. The molecule has 1 aliphatic heterocycles. The van der Waals surface area contributed by atoms with Crippen molar-refractivity contribution in [1.82, 2.24) is 9.29 Å². The van der Waals surface area contributed by atoms with Gasteiger partial charge in [0, 0.05) is 37.3 Å². The average molecular weight is 376 g/mol. The van der Waals surface area contributed by atoms with E-state index in [-0.39, 0.29) is 9.92 Å². The smallest absolute Gasteiger partial charge is 0.243 e. The van der Waals surface area contributed by atoms with Crippen molar-refractivity contribution in [2.24, 2.45) is 0 Å². The van der Waals surface area contributed by atoms with E-state index in [0.717, 1.165) is 22.1 Å². The zero-order valence-corrected chi connectivity index (χ0v) is 14.8. The quantitative estimate of drug-likeness (QED) is 0.827. The van der Waals surface area contributed by atoms with E-state index < -0.39 is 15.8 Å². The summed E-state index contributed by atoms with van der Waals surface area (Å²) in [6.45, 7) is 3.84. The molecule has 0 unspecified atom stereocenters. The molecular weight excluding hydrogens is 361 g/mol. The van der Waals surface area contributed by atoms with Crippen molar-refractivity contribution in [3.05, 3.63) is 40.1 Å². The first-order valence-corrected chi connectivity index (χ1v) is 9.64. The van der Waals surface area contributed by atoms with Crippen LogP contribution in [0.25, 0.3) is 0 Å². The summed E-state index contributed by atoms with van der Waals surface area (Å²) in [5.74, 6) is -0.630. The van der Waals surface area contributed by atoms with Gasteiger partial charge in [-0.3, -0.25) is 0 Å². The van der Waals surface area contributed by atoms with Crippen LogP contribution < -0.4 is 4.90 Å². The number of aryl methyl sites for hydroxylation is 1. The summed E-state index contributed by atoms with van der Waals surface area (Å²) >= 11 is 7.28.